The number of hydrogen-bond donors (Lipinski definition) is 2. The highest BCUT2D eigenvalue weighted by Gasteiger charge is 2.42. The van der Waals surface area contributed by atoms with Gasteiger partial charge >= 0.3 is 0 Å². The van der Waals surface area contributed by atoms with Gasteiger partial charge < -0.3 is 20.3 Å². The first kappa shape index (κ1) is 18.1. The Morgan fingerprint density at radius 2 is 1.96 bits per heavy atom. The van der Waals surface area contributed by atoms with Gasteiger partial charge in [0.1, 0.15) is 6.61 Å². The van der Waals surface area contributed by atoms with Gasteiger partial charge in [-0.1, -0.05) is 17.7 Å². The molecule has 2 atom stereocenters. The highest BCUT2D eigenvalue weighted by atomic mass is 32.1. The fourth-order valence-electron chi connectivity index (χ4n) is 4.16. The zero-order chi connectivity index (χ0) is 18.0. The summed E-state index contributed by atoms with van der Waals surface area (Å²) in [5.41, 5.74) is 3.53. The van der Waals surface area contributed by atoms with Gasteiger partial charge in [-0.2, -0.15) is 0 Å². The molecule has 6 heteroatoms. The van der Waals surface area contributed by atoms with E-state index in [0.29, 0.717) is 12.1 Å². The molecule has 25 heavy (non-hydrogen) atoms. The van der Waals surface area contributed by atoms with E-state index >= 15 is 0 Å². The summed E-state index contributed by atoms with van der Waals surface area (Å²) in [6.07, 6.45) is 4.16. The van der Waals surface area contributed by atoms with E-state index in [-0.39, 0.29) is 18.6 Å². The standard InChI is InChI=1S/C19H27N3O2S/c1-12-4-7-17(13(2)8-12)21-19(25)22-15-5-6-16(22)10-14(9-15)20-18(23)11-24-3/h4,7-8,14-16H,5-6,9-11H2,1-3H3,(H,20,23)(H,21,25). The quantitative estimate of drug-likeness (QED) is 0.808. The molecule has 0 aliphatic carbocycles. The van der Waals surface area contributed by atoms with Crippen molar-refractivity contribution in [1.29, 1.82) is 0 Å². The Morgan fingerprint density at radius 3 is 2.56 bits per heavy atom. The molecule has 2 unspecified atom stereocenters. The summed E-state index contributed by atoms with van der Waals surface area (Å²) < 4.78 is 4.91. The average Bonchev–Trinajstić information content (AvgIpc) is 2.82. The number of piperidine rings is 1. The van der Waals surface area contributed by atoms with Gasteiger partial charge in [-0.05, 0) is 63.4 Å². The Morgan fingerprint density at radius 1 is 1.28 bits per heavy atom. The van der Waals surface area contributed by atoms with Crippen LogP contribution < -0.4 is 10.6 Å². The average molecular weight is 362 g/mol. The van der Waals surface area contributed by atoms with Crippen LogP contribution in [0.2, 0.25) is 0 Å². The zero-order valence-electron chi connectivity index (χ0n) is 15.2. The molecule has 2 fully saturated rings. The molecule has 0 radical (unpaired) electrons. The van der Waals surface area contributed by atoms with E-state index in [1.165, 1.54) is 11.1 Å². The summed E-state index contributed by atoms with van der Waals surface area (Å²) in [5.74, 6) is -0.0312. The fourth-order valence-corrected chi connectivity index (χ4v) is 4.57. The van der Waals surface area contributed by atoms with Crippen LogP contribution in [-0.4, -0.2) is 47.8 Å². The second-order valence-electron chi connectivity index (χ2n) is 7.21. The van der Waals surface area contributed by atoms with E-state index in [0.717, 1.165) is 36.5 Å². The summed E-state index contributed by atoms with van der Waals surface area (Å²) in [4.78, 5) is 14.1. The third-order valence-corrected chi connectivity index (χ3v) is 5.54. The Labute approximate surface area is 155 Å². The molecule has 2 aliphatic rings. The molecule has 1 aromatic carbocycles. The molecule has 0 saturated carbocycles. The number of nitrogens with one attached hydrogen (secondary N) is 2. The molecule has 136 valence electrons. The Hall–Kier alpha value is -1.66. The summed E-state index contributed by atoms with van der Waals surface area (Å²) in [5, 5.41) is 7.33. The molecule has 2 bridgehead atoms. The van der Waals surface area contributed by atoms with E-state index < -0.39 is 0 Å². The van der Waals surface area contributed by atoms with Crippen LogP contribution in [0.1, 0.15) is 36.8 Å². The Balaban J connectivity index is 1.62. The van der Waals surface area contributed by atoms with E-state index in [1.807, 2.05) is 0 Å². The van der Waals surface area contributed by atoms with Crippen molar-refractivity contribution in [1.82, 2.24) is 10.2 Å². The van der Waals surface area contributed by atoms with Gasteiger partial charge in [0.05, 0.1) is 0 Å². The van der Waals surface area contributed by atoms with Crippen LogP contribution in [0.15, 0.2) is 18.2 Å². The summed E-state index contributed by atoms with van der Waals surface area (Å²) in [6, 6.07) is 7.38. The molecule has 2 heterocycles. The third-order valence-electron chi connectivity index (χ3n) is 5.23. The van der Waals surface area contributed by atoms with Gasteiger partial charge in [0.25, 0.3) is 0 Å². The van der Waals surface area contributed by atoms with Gasteiger partial charge in [0.2, 0.25) is 5.91 Å². The lowest BCUT2D eigenvalue weighted by molar-refractivity contribution is -0.125. The summed E-state index contributed by atoms with van der Waals surface area (Å²) >= 11 is 5.72. The SMILES string of the molecule is COCC(=O)NC1CC2CCC(C1)N2C(=S)Nc1ccc(C)cc1C. The number of hydrogen-bond acceptors (Lipinski definition) is 3. The number of nitrogens with zero attached hydrogens (tertiary/aromatic N) is 1. The van der Waals surface area contributed by atoms with Gasteiger partial charge in [0.15, 0.2) is 5.11 Å². The number of carbonyl (C=O) groups is 1. The maximum Gasteiger partial charge on any atom is 0.246 e. The van der Waals surface area contributed by atoms with Crippen LogP contribution >= 0.6 is 12.2 Å². The first-order chi connectivity index (χ1) is 12.0. The zero-order valence-corrected chi connectivity index (χ0v) is 16.0. The van der Waals surface area contributed by atoms with Gasteiger partial charge in [0, 0.05) is 30.9 Å². The van der Waals surface area contributed by atoms with Crippen molar-refractivity contribution >= 4 is 28.9 Å². The lowest BCUT2D eigenvalue weighted by Gasteiger charge is -2.40. The van der Waals surface area contributed by atoms with Crippen molar-refractivity contribution in [2.45, 2.75) is 57.7 Å². The third kappa shape index (κ3) is 4.12. The van der Waals surface area contributed by atoms with Crippen molar-refractivity contribution in [2.75, 3.05) is 19.0 Å². The molecule has 1 amide bonds. The normalized spacial score (nSPS) is 24.9. The van der Waals surface area contributed by atoms with Crippen LogP contribution in [-0.2, 0) is 9.53 Å². The fraction of sp³-hybridized carbons (Fsp3) is 0.579. The van der Waals surface area contributed by atoms with Crippen LogP contribution in [0.25, 0.3) is 0 Å². The lowest BCUT2D eigenvalue weighted by atomic mass is 9.97. The minimum absolute atomic E-state index is 0.0312. The summed E-state index contributed by atoms with van der Waals surface area (Å²) in [6.45, 7) is 4.32. The van der Waals surface area contributed by atoms with E-state index in [9.17, 15) is 4.79 Å². The number of amides is 1. The topological polar surface area (TPSA) is 53.6 Å². The maximum atomic E-state index is 11.8. The smallest absolute Gasteiger partial charge is 0.246 e. The van der Waals surface area contributed by atoms with E-state index in [1.54, 1.807) is 7.11 Å². The molecule has 1 aromatic rings. The molecular weight excluding hydrogens is 334 g/mol. The largest absolute Gasteiger partial charge is 0.375 e. The van der Waals surface area contributed by atoms with Crippen molar-refractivity contribution < 1.29 is 9.53 Å². The van der Waals surface area contributed by atoms with Gasteiger partial charge in [-0.3, -0.25) is 4.79 Å². The van der Waals surface area contributed by atoms with E-state index in [4.69, 9.17) is 17.0 Å². The van der Waals surface area contributed by atoms with Crippen LogP contribution in [0, 0.1) is 13.8 Å². The van der Waals surface area contributed by atoms with Crippen molar-refractivity contribution in [2.24, 2.45) is 0 Å². The van der Waals surface area contributed by atoms with E-state index in [2.05, 4.69) is 47.6 Å². The number of rotatable bonds is 4. The van der Waals surface area contributed by atoms with Crippen LogP contribution in [0.5, 0.6) is 0 Å². The predicted molar refractivity (Wildman–Crippen MR) is 104 cm³/mol. The lowest BCUT2D eigenvalue weighted by Crippen LogP contribution is -2.53. The Kier molecular flexibility index (Phi) is 5.59. The maximum absolute atomic E-state index is 11.8. The van der Waals surface area contributed by atoms with Crippen molar-refractivity contribution in [3.05, 3.63) is 29.3 Å². The van der Waals surface area contributed by atoms with Crippen LogP contribution in [0.4, 0.5) is 5.69 Å². The van der Waals surface area contributed by atoms with Gasteiger partial charge in [-0.25, -0.2) is 0 Å². The molecule has 2 aliphatic heterocycles. The molecule has 3 rings (SSSR count). The minimum atomic E-state index is -0.0312. The van der Waals surface area contributed by atoms with Crippen molar-refractivity contribution in [3.8, 4) is 0 Å². The number of anilines is 1. The summed E-state index contributed by atoms with van der Waals surface area (Å²) in [7, 11) is 1.54. The molecule has 2 saturated heterocycles. The first-order valence-electron chi connectivity index (χ1n) is 8.92. The number of fused-ring (bicyclic) bond motifs is 2. The second-order valence-corrected chi connectivity index (χ2v) is 7.60. The minimum Gasteiger partial charge on any atom is -0.375 e. The number of aryl methyl sites for hydroxylation is 2. The number of benzene rings is 1. The van der Waals surface area contributed by atoms with Crippen LogP contribution in [0.3, 0.4) is 0 Å². The first-order valence-corrected chi connectivity index (χ1v) is 9.33. The van der Waals surface area contributed by atoms with Gasteiger partial charge in [-0.15, -0.1) is 0 Å². The molecule has 0 aromatic heterocycles. The molecule has 5 nitrogen and oxygen atoms in total. The number of carbonyl (C=O) groups excluding carboxylic acids is 1. The number of ether oxygens (including phenoxy) is 1. The number of methoxy groups -OCH3 is 1. The highest BCUT2D eigenvalue weighted by molar-refractivity contribution is 7.80. The Bertz CT molecular complexity index is 650. The number of thiocarbonyl (C=S) groups is 1. The second kappa shape index (κ2) is 7.70. The molecule has 0 spiro atoms. The highest BCUT2D eigenvalue weighted by Crippen LogP contribution is 2.36. The van der Waals surface area contributed by atoms with Crippen molar-refractivity contribution in [3.63, 3.8) is 0 Å². The monoisotopic (exact) mass is 361 g/mol. The predicted octanol–water partition coefficient (Wildman–Crippen LogP) is 2.76. The molecular formula is C19H27N3O2S. The molecule has 2 N–H and O–H groups in total.